The second kappa shape index (κ2) is 6.93. The van der Waals surface area contributed by atoms with E-state index in [1.54, 1.807) is 18.2 Å². The SMILES string of the molecule is COC(=O)Cc1cccc(NC(=O)C2COc3cc(C)c(C)cc32)n1. The highest BCUT2D eigenvalue weighted by Crippen LogP contribution is 2.36. The van der Waals surface area contributed by atoms with Crippen molar-refractivity contribution in [3.8, 4) is 5.75 Å². The fourth-order valence-electron chi connectivity index (χ4n) is 2.77. The molecule has 0 saturated heterocycles. The Kier molecular flexibility index (Phi) is 4.70. The van der Waals surface area contributed by atoms with Gasteiger partial charge in [-0.05, 0) is 43.2 Å². The number of carbonyl (C=O) groups excluding carboxylic acids is 2. The number of nitrogens with zero attached hydrogens (tertiary/aromatic N) is 1. The molecule has 1 unspecified atom stereocenters. The summed E-state index contributed by atoms with van der Waals surface area (Å²) in [7, 11) is 1.33. The first-order valence-electron chi connectivity index (χ1n) is 8.05. The van der Waals surface area contributed by atoms with Crippen molar-refractivity contribution in [1.82, 2.24) is 4.98 Å². The van der Waals surface area contributed by atoms with Crippen LogP contribution in [0.2, 0.25) is 0 Å². The molecule has 0 spiro atoms. The van der Waals surface area contributed by atoms with Crippen LogP contribution >= 0.6 is 0 Å². The van der Waals surface area contributed by atoms with E-state index in [1.165, 1.54) is 7.11 Å². The number of amides is 1. The summed E-state index contributed by atoms with van der Waals surface area (Å²) < 4.78 is 10.3. The van der Waals surface area contributed by atoms with E-state index in [4.69, 9.17) is 4.74 Å². The number of esters is 1. The van der Waals surface area contributed by atoms with Crippen molar-refractivity contribution in [2.45, 2.75) is 26.2 Å². The lowest BCUT2D eigenvalue weighted by molar-refractivity contribution is -0.139. The number of benzene rings is 1. The molecule has 1 amide bonds. The summed E-state index contributed by atoms with van der Waals surface area (Å²) in [5.41, 5.74) is 3.70. The van der Waals surface area contributed by atoms with Gasteiger partial charge in [0.05, 0.1) is 19.2 Å². The van der Waals surface area contributed by atoms with Crippen LogP contribution < -0.4 is 10.1 Å². The number of hydrogen-bond donors (Lipinski definition) is 1. The number of fused-ring (bicyclic) bond motifs is 1. The molecule has 1 aromatic heterocycles. The van der Waals surface area contributed by atoms with E-state index in [9.17, 15) is 9.59 Å². The van der Waals surface area contributed by atoms with E-state index in [1.807, 2.05) is 26.0 Å². The third kappa shape index (κ3) is 3.63. The summed E-state index contributed by atoms with van der Waals surface area (Å²) in [4.78, 5) is 28.3. The molecule has 0 aliphatic carbocycles. The first kappa shape index (κ1) is 17.0. The molecule has 6 heteroatoms. The van der Waals surface area contributed by atoms with Gasteiger partial charge in [-0.2, -0.15) is 0 Å². The lowest BCUT2D eigenvalue weighted by Gasteiger charge is -2.11. The minimum Gasteiger partial charge on any atom is -0.492 e. The molecule has 1 aliphatic heterocycles. The van der Waals surface area contributed by atoms with Gasteiger partial charge in [-0.25, -0.2) is 4.98 Å². The molecule has 0 bridgehead atoms. The fourth-order valence-corrected chi connectivity index (χ4v) is 2.77. The van der Waals surface area contributed by atoms with Crippen molar-refractivity contribution in [2.75, 3.05) is 19.0 Å². The van der Waals surface area contributed by atoms with Crippen molar-refractivity contribution in [3.63, 3.8) is 0 Å². The Morgan fingerprint density at radius 2 is 2.04 bits per heavy atom. The van der Waals surface area contributed by atoms with Crippen LogP contribution in [0.1, 0.15) is 28.3 Å². The van der Waals surface area contributed by atoms with Crippen molar-refractivity contribution < 1.29 is 19.1 Å². The number of ether oxygens (including phenoxy) is 2. The molecule has 3 rings (SSSR count). The maximum atomic E-state index is 12.6. The van der Waals surface area contributed by atoms with Crippen molar-refractivity contribution in [3.05, 3.63) is 52.7 Å². The average molecular weight is 340 g/mol. The summed E-state index contributed by atoms with van der Waals surface area (Å²) in [5.74, 6) is 0.240. The minimum atomic E-state index is -0.375. The zero-order valence-electron chi connectivity index (χ0n) is 14.5. The highest BCUT2D eigenvalue weighted by Gasteiger charge is 2.31. The summed E-state index contributed by atoms with van der Waals surface area (Å²) in [5, 5.41) is 2.81. The number of rotatable bonds is 4. The normalized spacial score (nSPS) is 15.2. The number of nitrogens with one attached hydrogen (secondary N) is 1. The van der Waals surface area contributed by atoms with Crippen LogP contribution in [0, 0.1) is 13.8 Å². The molecule has 0 saturated carbocycles. The molecule has 0 radical (unpaired) electrons. The highest BCUT2D eigenvalue weighted by atomic mass is 16.5. The van der Waals surface area contributed by atoms with E-state index in [0.29, 0.717) is 18.1 Å². The molecule has 130 valence electrons. The van der Waals surface area contributed by atoms with E-state index < -0.39 is 0 Å². The Hall–Kier alpha value is -2.89. The van der Waals surface area contributed by atoms with Crippen LogP contribution in [0.5, 0.6) is 5.75 Å². The summed E-state index contributed by atoms with van der Waals surface area (Å²) in [6.07, 6.45) is 0.0635. The fraction of sp³-hybridized carbons (Fsp3) is 0.316. The van der Waals surface area contributed by atoms with Crippen LogP contribution in [-0.4, -0.2) is 30.6 Å². The average Bonchev–Trinajstić information content (AvgIpc) is 2.98. The number of anilines is 1. The maximum absolute atomic E-state index is 12.6. The zero-order valence-corrected chi connectivity index (χ0v) is 14.5. The van der Waals surface area contributed by atoms with E-state index >= 15 is 0 Å². The first-order valence-corrected chi connectivity index (χ1v) is 8.05. The first-order chi connectivity index (χ1) is 12.0. The molecule has 1 N–H and O–H groups in total. The van der Waals surface area contributed by atoms with Crippen molar-refractivity contribution >= 4 is 17.7 Å². The Morgan fingerprint density at radius 3 is 2.80 bits per heavy atom. The molecule has 1 atom stereocenters. The second-order valence-electron chi connectivity index (χ2n) is 6.09. The maximum Gasteiger partial charge on any atom is 0.311 e. The Labute approximate surface area is 146 Å². The lowest BCUT2D eigenvalue weighted by atomic mass is 9.96. The van der Waals surface area contributed by atoms with Crippen LogP contribution in [0.3, 0.4) is 0 Å². The summed E-state index contributed by atoms with van der Waals surface area (Å²) in [6, 6.07) is 9.12. The molecule has 0 fully saturated rings. The van der Waals surface area contributed by atoms with Gasteiger partial charge in [0.1, 0.15) is 24.1 Å². The van der Waals surface area contributed by atoms with E-state index in [0.717, 1.165) is 22.4 Å². The number of aromatic nitrogens is 1. The van der Waals surface area contributed by atoms with Gasteiger partial charge in [0.25, 0.3) is 0 Å². The van der Waals surface area contributed by atoms with Gasteiger partial charge in [0.2, 0.25) is 5.91 Å². The standard InChI is InChI=1S/C19H20N2O4/c1-11-7-14-15(10-25-16(14)8-12(11)2)19(23)21-17-6-4-5-13(20-17)9-18(22)24-3/h4-8,15H,9-10H2,1-3H3,(H,20,21,23). The van der Waals surface area contributed by atoms with Crippen LogP contribution in [0.25, 0.3) is 0 Å². The molecule has 2 heterocycles. The van der Waals surface area contributed by atoms with Gasteiger partial charge >= 0.3 is 5.97 Å². The van der Waals surface area contributed by atoms with E-state index in [2.05, 4.69) is 15.0 Å². The topological polar surface area (TPSA) is 77.5 Å². The number of pyridine rings is 1. The second-order valence-corrected chi connectivity index (χ2v) is 6.09. The Bertz CT molecular complexity index is 832. The Balaban J connectivity index is 1.75. The van der Waals surface area contributed by atoms with Crippen LogP contribution in [0.15, 0.2) is 30.3 Å². The third-order valence-electron chi connectivity index (χ3n) is 4.33. The van der Waals surface area contributed by atoms with Gasteiger partial charge in [0, 0.05) is 5.56 Å². The molecule has 2 aromatic rings. The monoisotopic (exact) mass is 340 g/mol. The summed E-state index contributed by atoms with van der Waals surface area (Å²) >= 11 is 0. The molecule has 1 aromatic carbocycles. The van der Waals surface area contributed by atoms with Crippen molar-refractivity contribution in [2.24, 2.45) is 0 Å². The van der Waals surface area contributed by atoms with Gasteiger partial charge < -0.3 is 14.8 Å². The molecule has 6 nitrogen and oxygen atoms in total. The quantitative estimate of drug-likeness (QED) is 0.866. The smallest absolute Gasteiger partial charge is 0.311 e. The van der Waals surface area contributed by atoms with Gasteiger partial charge in [0.15, 0.2) is 0 Å². The number of aryl methyl sites for hydroxylation is 2. The largest absolute Gasteiger partial charge is 0.492 e. The number of carbonyl (C=O) groups is 2. The zero-order chi connectivity index (χ0) is 18.0. The Morgan fingerprint density at radius 1 is 1.28 bits per heavy atom. The van der Waals surface area contributed by atoms with Crippen LogP contribution in [-0.2, 0) is 20.7 Å². The van der Waals surface area contributed by atoms with Gasteiger partial charge in [-0.3, -0.25) is 9.59 Å². The molecular weight excluding hydrogens is 320 g/mol. The van der Waals surface area contributed by atoms with Gasteiger partial charge in [-0.1, -0.05) is 12.1 Å². The van der Waals surface area contributed by atoms with Crippen LogP contribution in [0.4, 0.5) is 5.82 Å². The predicted molar refractivity (Wildman–Crippen MR) is 92.7 cm³/mol. The molecule has 25 heavy (non-hydrogen) atoms. The predicted octanol–water partition coefficient (Wildman–Crippen LogP) is 2.53. The highest BCUT2D eigenvalue weighted by molar-refractivity contribution is 5.96. The van der Waals surface area contributed by atoms with E-state index in [-0.39, 0.29) is 24.2 Å². The lowest BCUT2D eigenvalue weighted by Crippen LogP contribution is -2.23. The molecular formula is C19H20N2O4. The van der Waals surface area contributed by atoms with Crippen molar-refractivity contribution in [1.29, 1.82) is 0 Å². The number of methoxy groups -OCH3 is 1. The molecule has 1 aliphatic rings. The minimum absolute atomic E-state index is 0.0635. The van der Waals surface area contributed by atoms with Gasteiger partial charge in [-0.15, -0.1) is 0 Å². The number of hydrogen-bond acceptors (Lipinski definition) is 5. The summed E-state index contributed by atoms with van der Waals surface area (Å²) in [6.45, 7) is 4.34. The third-order valence-corrected chi connectivity index (χ3v) is 4.33.